The van der Waals surface area contributed by atoms with E-state index in [1.54, 1.807) is 12.3 Å². The monoisotopic (exact) mass is 728 g/mol. The normalized spacial score (nSPS) is 9.66. The highest BCUT2D eigenvalue weighted by Gasteiger charge is 2.17. The first-order valence-corrected chi connectivity index (χ1v) is 18.4. The highest BCUT2D eigenvalue weighted by Crippen LogP contribution is 2.29. The maximum absolute atomic E-state index is 11.3. The van der Waals surface area contributed by atoms with Gasteiger partial charge in [0.15, 0.2) is 10.3 Å². The number of thiazole rings is 2. The number of benzene rings is 2. The second-order valence-corrected chi connectivity index (χ2v) is 12.8. The van der Waals surface area contributed by atoms with E-state index in [9.17, 15) is 8.42 Å². The summed E-state index contributed by atoms with van der Waals surface area (Å²) in [5, 5.41) is 21.4. The summed E-state index contributed by atoms with van der Waals surface area (Å²) < 4.78 is 22.7. The molecule has 0 aliphatic carbocycles. The SMILES string of the molecule is CC.CC.CS(=O)(=O)c1nccc(-c2nc(N)sc2C#N)n1.N#Cc1sc(N)nc1-c1ccnc(Nc2ccccc2)n1.Nc1ccccc1. The number of aromatic nitrogens is 6. The molecular formula is C33H36N12O2S3. The molecule has 0 aliphatic heterocycles. The van der Waals surface area contributed by atoms with Gasteiger partial charge in [0.25, 0.3) is 0 Å². The van der Waals surface area contributed by atoms with Gasteiger partial charge < -0.3 is 22.5 Å². The molecular weight excluding hydrogens is 693 g/mol. The van der Waals surface area contributed by atoms with Crippen molar-refractivity contribution in [3.05, 3.63) is 94.9 Å². The lowest BCUT2D eigenvalue weighted by molar-refractivity contribution is 0.593. The molecule has 7 N–H and O–H groups in total. The summed E-state index contributed by atoms with van der Waals surface area (Å²) in [5.74, 6) is 0.439. The molecule has 0 bridgehead atoms. The Hall–Kier alpha value is -6.01. The van der Waals surface area contributed by atoms with Crippen molar-refractivity contribution in [3.8, 4) is 34.9 Å². The van der Waals surface area contributed by atoms with Crippen LogP contribution in [0.1, 0.15) is 37.4 Å². The van der Waals surface area contributed by atoms with Crippen LogP contribution in [0.25, 0.3) is 22.8 Å². The lowest BCUT2D eigenvalue weighted by atomic mass is 10.3. The highest BCUT2D eigenvalue weighted by atomic mass is 32.2. The zero-order valence-corrected chi connectivity index (χ0v) is 30.4. The quantitative estimate of drug-likeness (QED) is 0.108. The van der Waals surface area contributed by atoms with Crippen molar-refractivity contribution < 1.29 is 8.42 Å². The number of rotatable bonds is 5. The number of nitrogen functional groups attached to an aromatic ring is 3. The number of nitriles is 2. The van der Waals surface area contributed by atoms with Gasteiger partial charge in [-0.3, -0.25) is 0 Å². The van der Waals surface area contributed by atoms with Crippen molar-refractivity contribution in [2.24, 2.45) is 0 Å². The van der Waals surface area contributed by atoms with Crippen LogP contribution < -0.4 is 22.5 Å². The maximum Gasteiger partial charge on any atom is 0.247 e. The Balaban J connectivity index is 0.000000271. The van der Waals surface area contributed by atoms with Crippen LogP contribution in [-0.4, -0.2) is 44.6 Å². The summed E-state index contributed by atoms with van der Waals surface area (Å²) in [4.78, 5) is 24.9. The molecule has 6 aromatic rings. The van der Waals surface area contributed by atoms with Crippen molar-refractivity contribution in [1.29, 1.82) is 10.5 Å². The van der Waals surface area contributed by atoms with Crippen LogP contribution in [0.3, 0.4) is 0 Å². The molecule has 4 aromatic heterocycles. The van der Waals surface area contributed by atoms with Crippen LogP contribution in [0.15, 0.2) is 90.3 Å². The number of sulfone groups is 1. The largest absolute Gasteiger partial charge is 0.399 e. The minimum absolute atomic E-state index is 0.223. The Morgan fingerprint density at radius 3 is 1.56 bits per heavy atom. The molecule has 6 rings (SSSR count). The zero-order chi connectivity index (χ0) is 37.1. The summed E-state index contributed by atoms with van der Waals surface area (Å²) in [7, 11) is -3.51. The van der Waals surface area contributed by atoms with E-state index in [1.807, 2.05) is 94.4 Å². The molecule has 0 saturated carbocycles. The molecule has 258 valence electrons. The van der Waals surface area contributed by atoms with Crippen molar-refractivity contribution in [2.75, 3.05) is 28.8 Å². The lowest BCUT2D eigenvalue weighted by Gasteiger charge is -2.05. The van der Waals surface area contributed by atoms with Crippen LogP contribution in [0, 0.1) is 22.7 Å². The van der Waals surface area contributed by atoms with Crippen molar-refractivity contribution in [1.82, 2.24) is 29.9 Å². The zero-order valence-electron chi connectivity index (χ0n) is 27.9. The van der Waals surface area contributed by atoms with Crippen LogP contribution in [-0.2, 0) is 9.84 Å². The van der Waals surface area contributed by atoms with E-state index < -0.39 is 9.84 Å². The topological polar surface area (TPSA) is 249 Å². The van der Waals surface area contributed by atoms with Gasteiger partial charge in [0.2, 0.25) is 20.9 Å². The Kier molecular flexibility index (Phi) is 16.4. The molecule has 0 atom stereocenters. The molecule has 2 aromatic carbocycles. The number of hydrogen-bond acceptors (Lipinski definition) is 16. The molecule has 17 heteroatoms. The molecule has 0 unspecified atom stereocenters. The van der Waals surface area contributed by atoms with Crippen molar-refractivity contribution >= 4 is 60.1 Å². The first kappa shape index (κ1) is 40.2. The van der Waals surface area contributed by atoms with E-state index in [0.717, 1.165) is 40.3 Å². The van der Waals surface area contributed by atoms with Gasteiger partial charge in [-0.1, -0.05) is 86.8 Å². The second-order valence-electron chi connectivity index (χ2n) is 8.85. The Morgan fingerprint density at radius 2 is 1.12 bits per heavy atom. The first-order valence-electron chi connectivity index (χ1n) is 14.9. The molecule has 14 nitrogen and oxygen atoms in total. The van der Waals surface area contributed by atoms with E-state index in [4.69, 9.17) is 27.7 Å². The van der Waals surface area contributed by atoms with Gasteiger partial charge in [0.1, 0.15) is 33.3 Å². The lowest BCUT2D eigenvalue weighted by Crippen LogP contribution is -2.04. The number of anilines is 5. The third-order valence-electron chi connectivity index (χ3n) is 5.43. The third-order valence-corrected chi connectivity index (χ3v) is 7.86. The molecule has 4 heterocycles. The molecule has 0 saturated heterocycles. The summed E-state index contributed by atoms with van der Waals surface area (Å²) in [6.45, 7) is 8.00. The molecule has 0 amide bonds. The number of nitrogens with two attached hydrogens (primary N) is 3. The second kappa shape index (κ2) is 20.4. The Morgan fingerprint density at radius 1 is 0.660 bits per heavy atom. The smallest absolute Gasteiger partial charge is 0.247 e. The molecule has 0 fully saturated rings. The summed E-state index contributed by atoms with van der Waals surface area (Å²) in [6, 6.07) is 26.3. The minimum atomic E-state index is -3.51. The molecule has 50 heavy (non-hydrogen) atoms. The van der Waals surface area contributed by atoms with Gasteiger partial charge >= 0.3 is 0 Å². The van der Waals surface area contributed by atoms with Gasteiger partial charge in [0, 0.05) is 30.0 Å². The van der Waals surface area contributed by atoms with Crippen molar-refractivity contribution in [3.63, 3.8) is 0 Å². The van der Waals surface area contributed by atoms with Crippen LogP contribution in [0.2, 0.25) is 0 Å². The fraction of sp³-hybridized carbons (Fsp3) is 0.152. The highest BCUT2D eigenvalue weighted by molar-refractivity contribution is 7.90. The standard InChI is InChI=1S/C14H10N6S.C9H7N5O2S2.C6H7N.2C2H6/c15-8-11-12(20-13(16)21-11)10-6-7-17-14(19-10)18-9-4-2-1-3-5-9;1-18(15,16)9-12-3-2-5(13-9)7-6(4-10)17-8(11)14-7;7-6-4-2-1-3-5-6;2*1-2/h1-7H,(H2,16,20)(H,17,18,19);2-3H,1H3,(H2,11,14);1-5H,7H2;2*1-2H3. The number of nitrogens with one attached hydrogen (secondary N) is 1. The van der Waals surface area contributed by atoms with Crippen LogP contribution in [0.4, 0.5) is 27.6 Å². The van der Waals surface area contributed by atoms with E-state index in [-0.39, 0.29) is 26.6 Å². The fourth-order valence-corrected chi connectivity index (χ4v) is 5.27. The predicted molar refractivity (Wildman–Crippen MR) is 201 cm³/mol. The Bertz CT molecular complexity index is 2130. The summed E-state index contributed by atoms with van der Waals surface area (Å²) >= 11 is 2.16. The van der Waals surface area contributed by atoms with Gasteiger partial charge in [-0.05, 0) is 36.4 Å². The summed E-state index contributed by atoms with van der Waals surface area (Å²) in [6.07, 6.45) is 3.92. The van der Waals surface area contributed by atoms with Crippen LogP contribution >= 0.6 is 22.7 Å². The maximum atomic E-state index is 11.3. The van der Waals surface area contributed by atoms with Gasteiger partial charge in [-0.15, -0.1) is 0 Å². The van der Waals surface area contributed by atoms with Gasteiger partial charge in [-0.25, -0.2) is 38.3 Å². The predicted octanol–water partition coefficient (Wildman–Crippen LogP) is 6.58. The molecule has 0 aliphatic rings. The van der Waals surface area contributed by atoms with Gasteiger partial charge in [0.05, 0.1) is 11.4 Å². The number of hydrogen-bond donors (Lipinski definition) is 4. The third kappa shape index (κ3) is 12.2. The van der Waals surface area contributed by atoms with Gasteiger partial charge in [-0.2, -0.15) is 10.5 Å². The molecule has 0 radical (unpaired) electrons. The summed E-state index contributed by atoms with van der Waals surface area (Å²) in [5.41, 5.74) is 19.8. The van der Waals surface area contributed by atoms with Crippen molar-refractivity contribution in [2.45, 2.75) is 32.9 Å². The van der Waals surface area contributed by atoms with E-state index in [2.05, 4.69) is 41.3 Å². The van der Waals surface area contributed by atoms with E-state index in [0.29, 0.717) is 27.3 Å². The van der Waals surface area contributed by atoms with E-state index in [1.165, 1.54) is 12.3 Å². The first-order chi connectivity index (χ1) is 24.1. The van der Waals surface area contributed by atoms with Crippen LogP contribution in [0.5, 0.6) is 0 Å². The Labute approximate surface area is 299 Å². The number of nitrogens with zero attached hydrogens (tertiary/aromatic N) is 8. The van der Waals surface area contributed by atoms with E-state index >= 15 is 0 Å². The average Bonchev–Trinajstić information content (AvgIpc) is 3.72. The fourth-order valence-electron chi connectivity index (χ4n) is 3.48. The average molecular weight is 729 g/mol. The molecule has 0 spiro atoms. The number of para-hydroxylation sites is 2. The minimum Gasteiger partial charge on any atom is -0.399 e.